The summed E-state index contributed by atoms with van der Waals surface area (Å²) >= 11 is 0. The average Bonchev–Trinajstić information content (AvgIpc) is 3.13. The van der Waals surface area contributed by atoms with E-state index in [1.54, 1.807) is 20.9 Å². The van der Waals surface area contributed by atoms with Gasteiger partial charge in [-0.2, -0.15) is 0 Å². The monoisotopic (exact) mass is 325 g/mol. The van der Waals surface area contributed by atoms with Gasteiger partial charge in [-0.05, 0) is 32.8 Å². The topological polar surface area (TPSA) is 89.2 Å². The van der Waals surface area contributed by atoms with E-state index in [1.807, 2.05) is 0 Å². The van der Waals surface area contributed by atoms with Gasteiger partial charge in [0.15, 0.2) is 0 Å². The molecule has 2 heterocycles. The maximum Gasteiger partial charge on any atom is 0.339 e. The summed E-state index contributed by atoms with van der Waals surface area (Å²) in [5.41, 5.74) is 0.114. The molecule has 1 aliphatic rings. The van der Waals surface area contributed by atoms with E-state index in [4.69, 9.17) is 19.0 Å². The van der Waals surface area contributed by atoms with Crippen LogP contribution in [0.3, 0.4) is 0 Å². The van der Waals surface area contributed by atoms with Gasteiger partial charge in [0, 0.05) is 13.7 Å². The Labute approximate surface area is 135 Å². The van der Waals surface area contributed by atoms with Gasteiger partial charge >= 0.3 is 5.97 Å². The molecule has 0 aliphatic carbocycles. The van der Waals surface area contributed by atoms with E-state index in [-0.39, 0.29) is 24.1 Å². The summed E-state index contributed by atoms with van der Waals surface area (Å²) in [7, 11) is 1.63. The van der Waals surface area contributed by atoms with Crippen LogP contribution in [0.5, 0.6) is 0 Å². The molecule has 1 aromatic rings. The molecule has 7 nitrogen and oxygen atoms in total. The third-order valence-electron chi connectivity index (χ3n) is 3.87. The van der Waals surface area contributed by atoms with Crippen LogP contribution in [-0.2, 0) is 20.8 Å². The van der Waals surface area contributed by atoms with Gasteiger partial charge in [0.05, 0.1) is 19.3 Å². The number of carboxylic acid groups (broad SMARTS) is 1. The lowest BCUT2D eigenvalue weighted by Crippen LogP contribution is -2.37. The van der Waals surface area contributed by atoms with E-state index < -0.39 is 12.1 Å². The van der Waals surface area contributed by atoms with Crippen molar-refractivity contribution in [3.8, 4) is 0 Å². The van der Waals surface area contributed by atoms with Gasteiger partial charge in [-0.25, -0.2) is 4.79 Å². The second-order valence-corrected chi connectivity index (χ2v) is 5.79. The van der Waals surface area contributed by atoms with Crippen LogP contribution in [0.2, 0.25) is 0 Å². The molecule has 2 rings (SSSR count). The number of likely N-dealkylation sites (N-methyl/N-ethyl adjacent to an activating group) is 1. The molecule has 0 saturated carbocycles. The highest BCUT2D eigenvalue weighted by Crippen LogP contribution is 2.17. The number of amides is 1. The summed E-state index contributed by atoms with van der Waals surface area (Å²) in [5.74, 6) is -0.466. The molecule has 1 aliphatic heterocycles. The number of nitrogens with zero attached hydrogens (tertiary/aromatic N) is 1. The van der Waals surface area contributed by atoms with Crippen molar-refractivity contribution < 1.29 is 28.6 Å². The first kappa shape index (κ1) is 17.5. The van der Waals surface area contributed by atoms with Crippen molar-refractivity contribution in [2.45, 2.75) is 45.4 Å². The highest BCUT2D eigenvalue weighted by Gasteiger charge is 2.23. The molecule has 7 heteroatoms. The molecule has 1 aromatic heterocycles. The van der Waals surface area contributed by atoms with Crippen molar-refractivity contribution in [1.82, 2.24) is 4.90 Å². The summed E-state index contributed by atoms with van der Waals surface area (Å²) in [6.45, 7) is 4.64. The molecule has 0 bridgehead atoms. The van der Waals surface area contributed by atoms with Crippen LogP contribution < -0.4 is 0 Å². The fourth-order valence-electron chi connectivity index (χ4n) is 2.55. The zero-order valence-electron chi connectivity index (χ0n) is 13.7. The van der Waals surface area contributed by atoms with Gasteiger partial charge in [0.25, 0.3) is 5.91 Å². The summed E-state index contributed by atoms with van der Waals surface area (Å²) in [6.07, 6.45) is 1.47. The van der Waals surface area contributed by atoms with E-state index in [9.17, 15) is 9.59 Å². The smallest absolute Gasteiger partial charge is 0.339 e. The predicted octanol–water partition coefficient (Wildman–Crippen LogP) is 1.83. The van der Waals surface area contributed by atoms with E-state index in [1.165, 1.54) is 11.0 Å². The van der Waals surface area contributed by atoms with Gasteiger partial charge in [-0.1, -0.05) is 0 Å². The van der Waals surface area contributed by atoms with Crippen LogP contribution in [0.25, 0.3) is 0 Å². The largest absolute Gasteiger partial charge is 0.478 e. The Balaban J connectivity index is 1.86. The van der Waals surface area contributed by atoms with Crippen molar-refractivity contribution in [2.24, 2.45) is 0 Å². The lowest BCUT2D eigenvalue weighted by atomic mass is 10.2. The number of aromatic carboxylic acids is 1. The first-order valence-electron chi connectivity index (χ1n) is 7.69. The molecule has 0 radical (unpaired) electrons. The Morgan fingerprint density at radius 2 is 2.26 bits per heavy atom. The second kappa shape index (κ2) is 7.61. The van der Waals surface area contributed by atoms with Gasteiger partial charge in [0.1, 0.15) is 23.2 Å². The van der Waals surface area contributed by atoms with Crippen molar-refractivity contribution in [3.63, 3.8) is 0 Å². The molecule has 2 atom stereocenters. The Morgan fingerprint density at radius 3 is 2.83 bits per heavy atom. The highest BCUT2D eigenvalue weighted by atomic mass is 16.5. The average molecular weight is 325 g/mol. The molecule has 1 saturated heterocycles. The minimum Gasteiger partial charge on any atom is -0.478 e. The number of carboxylic acids is 1. The van der Waals surface area contributed by atoms with Crippen LogP contribution >= 0.6 is 0 Å². The minimum absolute atomic E-state index is 0.0707. The molecule has 1 N–H and O–H groups in total. The molecule has 1 amide bonds. The SMILES string of the molecule is Cc1oc(CN(C)C(=O)C(C)OCC2CCCO2)cc1C(=O)O. The third kappa shape index (κ3) is 4.56. The molecule has 23 heavy (non-hydrogen) atoms. The summed E-state index contributed by atoms with van der Waals surface area (Å²) < 4.78 is 16.4. The first-order valence-corrected chi connectivity index (χ1v) is 7.69. The number of hydrogen-bond acceptors (Lipinski definition) is 5. The number of hydrogen-bond donors (Lipinski definition) is 1. The number of carbonyl (C=O) groups excluding carboxylic acids is 1. The van der Waals surface area contributed by atoms with E-state index in [2.05, 4.69) is 0 Å². The zero-order valence-corrected chi connectivity index (χ0v) is 13.7. The van der Waals surface area contributed by atoms with Crippen LogP contribution in [0.4, 0.5) is 0 Å². The van der Waals surface area contributed by atoms with Crippen LogP contribution in [0.1, 0.15) is 41.6 Å². The normalized spacial score (nSPS) is 18.8. The summed E-state index contributed by atoms with van der Waals surface area (Å²) in [5, 5.41) is 9.01. The second-order valence-electron chi connectivity index (χ2n) is 5.79. The molecule has 2 unspecified atom stereocenters. The third-order valence-corrected chi connectivity index (χ3v) is 3.87. The van der Waals surface area contributed by atoms with Crippen molar-refractivity contribution in [3.05, 3.63) is 23.2 Å². The van der Waals surface area contributed by atoms with Crippen LogP contribution in [0, 0.1) is 6.92 Å². The summed E-state index contributed by atoms with van der Waals surface area (Å²) in [4.78, 5) is 24.7. The Hall–Kier alpha value is -1.86. The highest BCUT2D eigenvalue weighted by molar-refractivity contribution is 5.88. The van der Waals surface area contributed by atoms with Crippen LogP contribution in [0.15, 0.2) is 10.5 Å². The minimum atomic E-state index is -1.04. The van der Waals surface area contributed by atoms with Crippen molar-refractivity contribution >= 4 is 11.9 Å². The van der Waals surface area contributed by atoms with E-state index in [0.29, 0.717) is 18.1 Å². The van der Waals surface area contributed by atoms with Gasteiger partial charge in [-0.3, -0.25) is 4.79 Å². The Kier molecular flexibility index (Phi) is 5.79. The van der Waals surface area contributed by atoms with Crippen LogP contribution in [-0.4, -0.2) is 54.4 Å². The summed E-state index contributed by atoms with van der Waals surface area (Å²) in [6, 6.07) is 1.44. The number of ether oxygens (including phenoxy) is 2. The maximum absolute atomic E-state index is 12.3. The Bertz CT molecular complexity index is 561. The number of carbonyl (C=O) groups is 2. The fraction of sp³-hybridized carbons (Fsp3) is 0.625. The fourth-order valence-corrected chi connectivity index (χ4v) is 2.55. The first-order chi connectivity index (χ1) is 10.9. The van der Waals surface area contributed by atoms with Crippen molar-refractivity contribution in [1.29, 1.82) is 0 Å². The maximum atomic E-state index is 12.3. The molecule has 128 valence electrons. The number of furan rings is 1. The quantitative estimate of drug-likeness (QED) is 0.822. The molecule has 1 fully saturated rings. The molecular weight excluding hydrogens is 302 g/mol. The van der Waals surface area contributed by atoms with Gasteiger partial charge in [-0.15, -0.1) is 0 Å². The number of aryl methyl sites for hydroxylation is 1. The van der Waals surface area contributed by atoms with E-state index >= 15 is 0 Å². The standard InChI is InChI=1S/C16H23NO6/c1-10-14(16(19)20)7-13(23-10)8-17(3)15(18)11(2)22-9-12-5-4-6-21-12/h7,11-12H,4-6,8-9H2,1-3H3,(H,19,20). The molecule has 0 aromatic carbocycles. The predicted molar refractivity (Wildman–Crippen MR) is 81.3 cm³/mol. The zero-order chi connectivity index (χ0) is 17.0. The Morgan fingerprint density at radius 1 is 1.52 bits per heavy atom. The van der Waals surface area contributed by atoms with Gasteiger partial charge in [0.2, 0.25) is 0 Å². The lowest BCUT2D eigenvalue weighted by Gasteiger charge is -2.21. The molecule has 0 spiro atoms. The lowest BCUT2D eigenvalue weighted by molar-refractivity contribution is -0.144. The number of rotatable bonds is 7. The molecular formula is C16H23NO6. The van der Waals surface area contributed by atoms with Crippen molar-refractivity contribution in [2.75, 3.05) is 20.3 Å². The van der Waals surface area contributed by atoms with E-state index in [0.717, 1.165) is 19.4 Å². The van der Waals surface area contributed by atoms with Gasteiger partial charge < -0.3 is 23.9 Å².